The molecule has 2 N–H and O–H groups in total. The van der Waals surface area contributed by atoms with Gasteiger partial charge in [-0.1, -0.05) is 0 Å². The van der Waals surface area contributed by atoms with Gasteiger partial charge in [0.1, 0.15) is 6.23 Å². The first-order chi connectivity index (χ1) is 6.12. The van der Waals surface area contributed by atoms with E-state index in [4.69, 9.17) is 0 Å². The van der Waals surface area contributed by atoms with Gasteiger partial charge in [0.05, 0.1) is 6.54 Å². The largest absolute Gasteiger partial charge is 0.416 e. The Hall–Kier alpha value is -0.380. The molecule has 9 heteroatoms. The molecule has 1 saturated heterocycles. The molecule has 1 fully saturated rings. The maximum Gasteiger partial charge on any atom is 0.416 e. The van der Waals surface area contributed by atoms with Crippen LogP contribution in [0.2, 0.25) is 0 Å². The summed E-state index contributed by atoms with van der Waals surface area (Å²) in [7, 11) is -4.14. The summed E-state index contributed by atoms with van der Waals surface area (Å²) in [6.45, 7) is 0.402. The van der Waals surface area contributed by atoms with Crippen molar-refractivity contribution in [2.75, 3.05) is 6.54 Å². The summed E-state index contributed by atoms with van der Waals surface area (Å²) in [5.41, 5.74) is 0. The van der Waals surface area contributed by atoms with Crippen LogP contribution < -0.4 is 5.14 Å². The highest BCUT2D eigenvalue weighted by atomic mass is 32.2. The van der Waals surface area contributed by atoms with Gasteiger partial charge in [0.15, 0.2) is 6.10 Å². The summed E-state index contributed by atoms with van der Waals surface area (Å²) in [5.74, 6) is 0. The summed E-state index contributed by atoms with van der Waals surface area (Å²) < 4.78 is 62.7. The first-order valence-corrected chi connectivity index (χ1v) is 5.14. The number of nitrogens with two attached hydrogens (primary N) is 1. The van der Waals surface area contributed by atoms with Gasteiger partial charge in [-0.25, -0.2) is 5.14 Å². The van der Waals surface area contributed by atoms with E-state index < -0.39 is 35.3 Å². The molecule has 0 aromatic rings. The molecule has 1 aliphatic rings. The van der Waals surface area contributed by atoms with E-state index in [1.807, 2.05) is 0 Å². The fourth-order valence-corrected chi connectivity index (χ4v) is 1.96. The smallest absolute Gasteiger partial charge is 0.348 e. The Bertz CT molecular complexity index is 315. The van der Waals surface area contributed by atoms with Crippen LogP contribution in [0.25, 0.3) is 0 Å². The highest BCUT2D eigenvalue weighted by Crippen LogP contribution is 2.30. The van der Waals surface area contributed by atoms with Crippen LogP contribution in [0.15, 0.2) is 0 Å². The molecule has 0 aromatic carbocycles. The summed E-state index contributed by atoms with van der Waals surface area (Å²) >= 11 is 0. The third-order valence-electron chi connectivity index (χ3n) is 1.80. The minimum Gasteiger partial charge on any atom is -0.348 e. The van der Waals surface area contributed by atoms with Gasteiger partial charge < -0.3 is 4.74 Å². The Labute approximate surface area is 78.8 Å². The summed E-state index contributed by atoms with van der Waals surface area (Å²) in [6, 6.07) is 0. The number of hydrogen-bond acceptors (Lipinski definition) is 3. The van der Waals surface area contributed by atoms with Crippen LogP contribution in [-0.2, 0) is 14.9 Å². The monoisotopic (exact) mass is 234 g/mol. The number of ether oxygens (including phenoxy) is 1. The Balaban J connectivity index is 2.80. The molecule has 0 amide bonds. The molecular weight excluding hydrogens is 225 g/mol. The van der Waals surface area contributed by atoms with E-state index in [1.165, 1.54) is 6.92 Å². The molecule has 1 unspecified atom stereocenters. The van der Waals surface area contributed by atoms with E-state index in [9.17, 15) is 21.6 Å². The average molecular weight is 234 g/mol. The number of nitrogens with zero attached hydrogens (tertiary/aromatic N) is 1. The van der Waals surface area contributed by atoms with Gasteiger partial charge in [0, 0.05) is 0 Å². The lowest BCUT2D eigenvalue weighted by Gasteiger charge is -2.14. The van der Waals surface area contributed by atoms with Crippen LogP contribution in [0.3, 0.4) is 0 Å². The van der Waals surface area contributed by atoms with Crippen LogP contribution >= 0.6 is 0 Å². The Morgan fingerprint density at radius 1 is 1.50 bits per heavy atom. The highest BCUT2D eigenvalue weighted by Gasteiger charge is 2.50. The number of hydrogen-bond donors (Lipinski definition) is 1. The zero-order valence-electron chi connectivity index (χ0n) is 7.15. The quantitative estimate of drug-likeness (QED) is 0.682. The second-order valence-electron chi connectivity index (χ2n) is 2.88. The topological polar surface area (TPSA) is 72.6 Å². The van der Waals surface area contributed by atoms with Crippen molar-refractivity contribution in [3.63, 3.8) is 0 Å². The van der Waals surface area contributed by atoms with Crippen molar-refractivity contribution in [3.05, 3.63) is 0 Å². The first-order valence-electron chi connectivity index (χ1n) is 3.64. The van der Waals surface area contributed by atoms with Crippen LogP contribution in [-0.4, -0.2) is 37.8 Å². The van der Waals surface area contributed by atoms with Gasteiger partial charge in [0.2, 0.25) is 0 Å². The van der Waals surface area contributed by atoms with Gasteiger partial charge >= 0.3 is 6.18 Å². The predicted octanol–water partition coefficient (Wildman–Crippen LogP) is -0.201. The number of alkyl halides is 3. The second kappa shape index (κ2) is 3.33. The van der Waals surface area contributed by atoms with Crippen molar-refractivity contribution >= 4 is 10.2 Å². The molecule has 14 heavy (non-hydrogen) atoms. The van der Waals surface area contributed by atoms with Gasteiger partial charge in [-0.05, 0) is 6.92 Å². The molecule has 0 aromatic heterocycles. The molecular formula is C5H9F3N2O3S. The molecule has 0 saturated carbocycles. The molecule has 0 aliphatic carbocycles. The maximum atomic E-state index is 12.1. The van der Waals surface area contributed by atoms with E-state index in [0.29, 0.717) is 4.31 Å². The summed E-state index contributed by atoms with van der Waals surface area (Å²) in [5, 5.41) is 4.69. The van der Waals surface area contributed by atoms with Crippen LogP contribution in [0.4, 0.5) is 13.2 Å². The zero-order chi connectivity index (χ0) is 11.1. The van der Waals surface area contributed by atoms with Crippen molar-refractivity contribution in [2.45, 2.75) is 25.4 Å². The van der Waals surface area contributed by atoms with Crippen LogP contribution in [0.1, 0.15) is 6.92 Å². The lowest BCUT2D eigenvalue weighted by atomic mass is 10.4. The van der Waals surface area contributed by atoms with E-state index in [0.717, 1.165) is 0 Å². The van der Waals surface area contributed by atoms with Crippen molar-refractivity contribution in [2.24, 2.45) is 5.14 Å². The van der Waals surface area contributed by atoms with Crippen molar-refractivity contribution in [3.8, 4) is 0 Å². The normalized spacial score (nSPS) is 30.9. The molecule has 1 rings (SSSR count). The maximum absolute atomic E-state index is 12.1. The standard InChI is InChI=1S/C5H9F3N2O3S/c1-3-10(14(9,11)12)2-4(13-3)5(6,7)8/h3-4H,2H2,1H3,(H2,9,11,12)/t3?,4-/m1/s1. The fraction of sp³-hybridized carbons (Fsp3) is 1.00. The Kier molecular flexibility index (Phi) is 2.78. The third kappa shape index (κ3) is 2.35. The Morgan fingerprint density at radius 3 is 2.21 bits per heavy atom. The Morgan fingerprint density at radius 2 is 2.00 bits per heavy atom. The molecule has 84 valence electrons. The first kappa shape index (κ1) is 11.7. The molecule has 1 heterocycles. The van der Waals surface area contributed by atoms with E-state index >= 15 is 0 Å². The summed E-state index contributed by atoms with van der Waals surface area (Å²) in [6.07, 6.45) is -7.86. The van der Waals surface area contributed by atoms with Crippen molar-refractivity contribution in [1.82, 2.24) is 4.31 Å². The molecule has 2 atom stereocenters. The third-order valence-corrected chi connectivity index (χ3v) is 2.90. The van der Waals surface area contributed by atoms with Gasteiger partial charge in [-0.15, -0.1) is 0 Å². The number of rotatable bonds is 1. The fourth-order valence-electron chi connectivity index (χ4n) is 1.15. The predicted molar refractivity (Wildman–Crippen MR) is 40.2 cm³/mol. The van der Waals surface area contributed by atoms with E-state index in [-0.39, 0.29) is 0 Å². The van der Waals surface area contributed by atoms with Gasteiger partial charge in [-0.2, -0.15) is 25.9 Å². The number of halogens is 3. The van der Waals surface area contributed by atoms with E-state index in [1.54, 1.807) is 0 Å². The van der Waals surface area contributed by atoms with Crippen molar-refractivity contribution < 1.29 is 26.3 Å². The minimum atomic E-state index is -4.58. The molecule has 0 spiro atoms. The highest BCUT2D eigenvalue weighted by molar-refractivity contribution is 7.86. The molecule has 0 radical (unpaired) electrons. The van der Waals surface area contributed by atoms with E-state index in [2.05, 4.69) is 9.88 Å². The van der Waals surface area contributed by atoms with Gasteiger partial charge in [-0.3, -0.25) is 0 Å². The summed E-state index contributed by atoms with van der Waals surface area (Å²) in [4.78, 5) is 0. The van der Waals surface area contributed by atoms with Crippen LogP contribution in [0, 0.1) is 0 Å². The molecule has 5 nitrogen and oxygen atoms in total. The lowest BCUT2D eigenvalue weighted by Crippen LogP contribution is -2.40. The van der Waals surface area contributed by atoms with Crippen LogP contribution in [0.5, 0.6) is 0 Å². The van der Waals surface area contributed by atoms with Crippen molar-refractivity contribution in [1.29, 1.82) is 0 Å². The average Bonchev–Trinajstić information content (AvgIpc) is 2.27. The molecule has 0 bridgehead atoms. The van der Waals surface area contributed by atoms with Gasteiger partial charge in [0.25, 0.3) is 10.2 Å². The SMILES string of the molecule is CC1O[C@@H](C(F)(F)F)CN1S(N)(=O)=O. The second-order valence-corrected chi connectivity index (χ2v) is 4.38. The minimum absolute atomic E-state index is 0.463. The molecule has 1 aliphatic heterocycles. The zero-order valence-corrected chi connectivity index (χ0v) is 7.97. The lowest BCUT2D eigenvalue weighted by molar-refractivity contribution is -0.210.